The van der Waals surface area contributed by atoms with Gasteiger partial charge in [-0.2, -0.15) is 0 Å². The molecule has 0 radical (unpaired) electrons. The van der Waals surface area contributed by atoms with Crippen LogP contribution in [0.15, 0.2) is 29.2 Å². The minimum atomic E-state index is 0.242. The second-order valence-corrected chi connectivity index (χ2v) is 6.03. The number of nitrogens with two attached hydrogens (primary N) is 1. The third-order valence-electron chi connectivity index (χ3n) is 2.40. The Labute approximate surface area is 101 Å². The highest BCUT2D eigenvalue weighted by Crippen LogP contribution is 2.26. The van der Waals surface area contributed by atoms with Crippen LogP contribution >= 0.6 is 23.4 Å². The third kappa shape index (κ3) is 4.92. The van der Waals surface area contributed by atoms with Crippen molar-refractivity contribution in [3.8, 4) is 0 Å². The monoisotopic (exact) mass is 243 g/mol. The van der Waals surface area contributed by atoms with Gasteiger partial charge in [-0.3, -0.25) is 0 Å². The zero-order chi connectivity index (χ0) is 11.3. The number of thioether (sulfide) groups is 1. The molecular weight excluding hydrogens is 226 g/mol. The largest absolute Gasteiger partial charge is 0.330 e. The van der Waals surface area contributed by atoms with E-state index in [1.807, 2.05) is 30.0 Å². The first kappa shape index (κ1) is 12.9. The molecular formula is C12H18ClNS. The van der Waals surface area contributed by atoms with E-state index in [1.165, 1.54) is 4.90 Å². The molecule has 2 N–H and O–H groups in total. The second kappa shape index (κ2) is 5.78. The van der Waals surface area contributed by atoms with E-state index in [1.54, 1.807) is 0 Å². The van der Waals surface area contributed by atoms with Gasteiger partial charge in [0.15, 0.2) is 0 Å². The van der Waals surface area contributed by atoms with Crippen molar-refractivity contribution in [1.82, 2.24) is 0 Å². The summed E-state index contributed by atoms with van der Waals surface area (Å²) in [7, 11) is 0. The molecule has 0 aliphatic carbocycles. The van der Waals surface area contributed by atoms with E-state index in [0.717, 1.165) is 23.7 Å². The average molecular weight is 244 g/mol. The predicted molar refractivity (Wildman–Crippen MR) is 69.6 cm³/mol. The van der Waals surface area contributed by atoms with Crippen LogP contribution in [0.3, 0.4) is 0 Å². The molecule has 0 aliphatic heterocycles. The molecule has 15 heavy (non-hydrogen) atoms. The van der Waals surface area contributed by atoms with Crippen LogP contribution in [0.1, 0.15) is 20.3 Å². The summed E-state index contributed by atoms with van der Waals surface area (Å²) in [6, 6.07) is 7.97. The zero-order valence-corrected chi connectivity index (χ0v) is 10.9. The van der Waals surface area contributed by atoms with Crippen molar-refractivity contribution in [3.63, 3.8) is 0 Å². The molecule has 1 aromatic rings. The average Bonchev–Trinajstić information content (AvgIpc) is 2.18. The van der Waals surface area contributed by atoms with Crippen LogP contribution in [-0.4, -0.2) is 12.3 Å². The number of hydrogen-bond acceptors (Lipinski definition) is 2. The second-order valence-electron chi connectivity index (χ2n) is 4.42. The predicted octanol–water partition coefficient (Wildman–Crippen LogP) is 3.81. The van der Waals surface area contributed by atoms with E-state index < -0.39 is 0 Å². The van der Waals surface area contributed by atoms with Crippen LogP contribution < -0.4 is 5.73 Å². The Hall–Kier alpha value is -0.180. The van der Waals surface area contributed by atoms with Gasteiger partial charge in [0.05, 0.1) is 0 Å². The van der Waals surface area contributed by atoms with E-state index >= 15 is 0 Å². The Morgan fingerprint density at radius 2 is 2.13 bits per heavy atom. The molecule has 1 nitrogen and oxygen atoms in total. The van der Waals surface area contributed by atoms with Crippen LogP contribution in [0.4, 0.5) is 0 Å². The van der Waals surface area contributed by atoms with E-state index in [4.69, 9.17) is 17.3 Å². The van der Waals surface area contributed by atoms with Gasteiger partial charge in [-0.15, -0.1) is 11.8 Å². The first-order valence-corrected chi connectivity index (χ1v) is 6.48. The first-order chi connectivity index (χ1) is 7.03. The van der Waals surface area contributed by atoms with Crippen molar-refractivity contribution in [2.45, 2.75) is 25.2 Å². The number of rotatable bonds is 5. The van der Waals surface area contributed by atoms with Crippen LogP contribution in [0.2, 0.25) is 5.02 Å². The maximum atomic E-state index is 5.91. The first-order valence-electron chi connectivity index (χ1n) is 5.12. The minimum absolute atomic E-state index is 0.242. The zero-order valence-electron chi connectivity index (χ0n) is 9.29. The molecule has 0 spiro atoms. The molecule has 0 atom stereocenters. The Kier molecular flexibility index (Phi) is 4.97. The van der Waals surface area contributed by atoms with E-state index in [0.29, 0.717) is 0 Å². The molecule has 3 heteroatoms. The van der Waals surface area contributed by atoms with Gasteiger partial charge in [-0.05, 0) is 42.3 Å². The van der Waals surface area contributed by atoms with Crippen molar-refractivity contribution in [2.75, 3.05) is 12.3 Å². The van der Waals surface area contributed by atoms with E-state index in [2.05, 4.69) is 19.9 Å². The summed E-state index contributed by atoms with van der Waals surface area (Å²) in [6.45, 7) is 5.14. The lowest BCUT2D eigenvalue weighted by molar-refractivity contribution is 0.368. The van der Waals surface area contributed by atoms with Crippen LogP contribution in [0.5, 0.6) is 0 Å². The molecule has 0 bridgehead atoms. The Morgan fingerprint density at radius 3 is 2.73 bits per heavy atom. The van der Waals surface area contributed by atoms with Crippen LogP contribution in [0, 0.1) is 5.41 Å². The van der Waals surface area contributed by atoms with Gasteiger partial charge < -0.3 is 5.73 Å². The summed E-state index contributed by atoms with van der Waals surface area (Å²) in [5.41, 5.74) is 5.92. The van der Waals surface area contributed by atoms with Gasteiger partial charge in [-0.25, -0.2) is 0 Å². The van der Waals surface area contributed by atoms with Crippen molar-refractivity contribution >= 4 is 23.4 Å². The summed E-state index contributed by atoms with van der Waals surface area (Å²) in [4.78, 5) is 1.23. The highest BCUT2D eigenvalue weighted by Gasteiger charge is 2.14. The molecule has 0 unspecified atom stereocenters. The normalized spacial score (nSPS) is 11.7. The van der Waals surface area contributed by atoms with Crippen molar-refractivity contribution in [3.05, 3.63) is 29.3 Å². The summed E-state index contributed by atoms with van der Waals surface area (Å²) < 4.78 is 0. The summed E-state index contributed by atoms with van der Waals surface area (Å²) in [6.07, 6.45) is 1.13. The minimum Gasteiger partial charge on any atom is -0.330 e. The Morgan fingerprint density at radius 1 is 1.40 bits per heavy atom. The molecule has 0 heterocycles. The fraction of sp³-hybridized carbons (Fsp3) is 0.500. The number of hydrogen-bond donors (Lipinski definition) is 1. The number of benzene rings is 1. The third-order valence-corrected chi connectivity index (χ3v) is 3.63. The lowest BCUT2D eigenvalue weighted by Gasteiger charge is -2.21. The van der Waals surface area contributed by atoms with Gasteiger partial charge in [0.1, 0.15) is 0 Å². The Bertz CT molecular complexity index is 312. The molecule has 0 aromatic heterocycles. The number of halogens is 1. The highest BCUT2D eigenvalue weighted by molar-refractivity contribution is 7.99. The molecule has 0 amide bonds. The molecule has 0 aliphatic rings. The maximum Gasteiger partial charge on any atom is 0.0417 e. The van der Waals surface area contributed by atoms with E-state index in [9.17, 15) is 0 Å². The standard InChI is InChI=1S/C12H18ClNS/c1-12(2,9-14)6-7-15-11-5-3-4-10(13)8-11/h3-5,8H,6-7,9,14H2,1-2H3. The van der Waals surface area contributed by atoms with Gasteiger partial charge >= 0.3 is 0 Å². The highest BCUT2D eigenvalue weighted by atomic mass is 35.5. The topological polar surface area (TPSA) is 26.0 Å². The van der Waals surface area contributed by atoms with Crippen molar-refractivity contribution < 1.29 is 0 Å². The van der Waals surface area contributed by atoms with Crippen LogP contribution in [-0.2, 0) is 0 Å². The summed E-state index contributed by atoms with van der Waals surface area (Å²) in [5, 5.41) is 0.804. The van der Waals surface area contributed by atoms with Gasteiger partial charge in [0.2, 0.25) is 0 Å². The fourth-order valence-corrected chi connectivity index (χ4v) is 2.63. The molecule has 0 fully saturated rings. The summed E-state index contributed by atoms with van der Waals surface area (Å²) >= 11 is 7.74. The van der Waals surface area contributed by atoms with Gasteiger partial charge in [0.25, 0.3) is 0 Å². The lowest BCUT2D eigenvalue weighted by Crippen LogP contribution is -2.23. The van der Waals surface area contributed by atoms with Crippen LogP contribution in [0.25, 0.3) is 0 Å². The molecule has 0 saturated heterocycles. The summed E-state index contributed by atoms with van der Waals surface area (Å²) in [5.74, 6) is 1.09. The fourth-order valence-electron chi connectivity index (χ4n) is 1.10. The molecule has 1 rings (SSSR count). The Balaban J connectivity index is 2.38. The lowest BCUT2D eigenvalue weighted by atomic mass is 9.91. The van der Waals surface area contributed by atoms with E-state index in [-0.39, 0.29) is 5.41 Å². The molecule has 84 valence electrons. The SMILES string of the molecule is CC(C)(CN)CCSc1cccc(Cl)c1. The van der Waals surface area contributed by atoms with Crippen molar-refractivity contribution in [1.29, 1.82) is 0 Å². The molecule has 0 saturated carbocycles. The molecule has 1 aromatic carbocycles. The van der Waals surface area contributed by atoms with Gasteiger partial charge in [0, 0.05) is 9.92 Å². The maximum absolute atomic E-state index is 5.91. The van der Waals surface area contributed by atoms with Crippen molar-refractivity contribution in [2.24, 2.45) is 11.1 Å². The van der Waals surface area contributed by atoms with Gasteiger partial charge in [-0.1, -0.05) is 31.5 Å². The smallest absolute Gasteiger partial charge is 0.0417 e. The quantitative estimate of drug-likeness (QED) is 0.796.